The molecular formula is C18H20BrN3O4. The summed E-state index contributed by atoms with van der Waals surface area (Å²) in [6.45, 7) is 5.67. The number of halogens is 1. The maximum atomic E-state index is 12.5. The summed E-state index contributed by atoms with van der Waals surface area (Å²) in [6, 6.07) is 6.86. The van der Waals surface area contributed by atoms with E-state index in [1.54, 1.807) is 20.8 Å². The van der Waals surface area contributed by atoms with Crippen LogP contribution in [0.4, 0.5) is 9.59 Å². The van der Waals surface area contributed by atoms with Crippen LogP contribution in [-0.4, -0.2) is 43.9 Å². The fourth-order valence-corrected chi connectivity index (χ4v) is 3.29. The molecule has 1 aliphatic heterocycles. The third-order valence-electron chi connectivity index (χ3n) is 4.08. The van der Waals surface area contributed by atoms with Crippen molar-refractivity contribution in [2.75, 3.05) is 6.54 Å². The molecule has 26 heavy (non-hydrogen) atoms. The van der Waals surface area contributed by atoms with Crippen LogP contribution in [0.1, 0.15) is 43.8 Å². The number of carboxylic acid groups (broad SMARTS) is 1. The maximum Gasteiger partial charge on any atom is 0.420 e. The Morgan fingerprint density at radius 2 is 1.92 bits per heavy atom. The number of benzene rings is 1. The molecule has 0 saturated heterocycles. The van der Waals surface area contributed by atoms with Crippen LogP contribution in [0, 0.1) is 0 Å². The van der Waals surface area contributed by atoms with Gasteiger partial charge in [-0.1, -0.05) is 28.1 Å². The first-order chi connectivity index (χ1) is 12.2. The zero-order chi connectivity index (χ0) is 19.1. The minimum absolute atomic E-state index is 0.275. The summed E-state index contributed by atoms with van der Waals surface area (Å²) in [4.78, 5) is 29.9. The molecule has 2 heterocycles. The number of hydrogen-bond donors (Lipinski definition) is 1. The Morgan fingerprint density at radius 1 is 1.27 bits per heavy atom. The highest BCUT2D eigenvalue weighted by Gasteiger charge is 2.36. The Hall–Kier alpha value is -2.35. The van der Waals surface area contributed by atoms with Gasteiger partial charge in [-0.05, 0) is 38.5 Å². The molecule has 1 aliphatic rings. The number of carbonyl (C=O) groups is 2. The van der Waals surface area contributed by atoms with E-state index in [0.29, 0.717) is 17.8 Å². The van der Waals surface area contributed by atoms with Crippen LogP contribution in [0.25, 0.3) is 0 Å². The fraction of sp³-hybridized carbons (Fsp3) is 0.389. The van der Waals surface area contributed by atoms with E-state index >= 15 is 0 Å². The summed E-state index contributed by atoms with van der Waals surface area (Å²) in [6.07, 6.45) is 0.282. The van der Waals surface area contributed by atoms with Gasteiger partial charge in [0.2, 0.25) is 0 Å². The number of hydrogen-bond acceptors (Lipinski definition) is 4. The summed E-state index contributed by atoms with van der Waals surface area (Å²) >= 11 is 3.39. The van der Waals surface area contributed by atoms with Crippen LogP contribution >= 0.6 is 15.9 Å². The average molecular weight is 422 g/mol. The molecule has 8 heteroatoms. The zero-order valence-corrected chi connectivity index (χ0v) is 16.4. The molecule has 1 aromatic carbocycles. The minimum atomic E-state index is -1.02. The molecule has 0 fully saturated rings. The number of aromatic nitrogens is 2. The molecule has 2 aromatic rings. The zero-order valence-electron chi connectivity index (χ0n) is 14.8. The SMILES string of the molecule is CC(C)(C)OC(=O)n1cnc2c1CCN(C(=O)O)C2c1ccc(Br)cc1. The van der Waals surface area contributed by atoms with Gasteiger partial charge in [-0.2, -0.15) is 0 Å². The van der Waals surface area contributed by atoms with Crippen molar-refractivity contribution in [1.29, 1.82) is 0 Å². The Balaban J connectivity index is 2.03. The van der Waals surface area contributed by atoms with Gasteiger partial charge in [-0.15, -0.1) is 0 Å². The monoisotopic (exact) mass is 421 g/mol. The molecule has 0 spiro atoms. The molecule has 0 aliphatic carbocycles. The maximum absolute atomic E-state index is 12.5. The van der Waals surface area contributed by atoms with Crippen LogP contribution < -0.4 is 0 Å². The van der Waals surface area contributed by atoms with Crippen molar-refractivity contribution in [3.63, 3.8) is 0 Å². The van der Waals surface area contributed by atoms with Crippen molar-refractivity contribution < 1.29 is 19.4 Å². The van der Waals surface area contributed by atoms with Gasteiger partial charge in [-0.25, -0.2) is 19.1 Å². The van der Waals surface area contributed by atoms with Crippen LogP contribution in [0.15, 0.2) is 35.1 Å². The molecule has 1 atom stereocenters. The second-order valence-electron chi connectivity index (χ2n) is 7.11. The number of nitrogens with zero attached hydrogens (tertiary/aromatic N) is 3. The third kappa shape index (κ3) is 3.60. The summed E-state index contributed by atoms with van der Waals surface area (Å²) in [5.41, 5.74) is 1.42. The number of carbonyl (C=O) groups excluding carboxylic acids is 1. The lowest BCUT2D eigenvalue weighted by Crippen LogP contribution is -2.40. The van der Waals surface area contributed by atoms with Crippen LogP contribution in [0.3, 0.4) is 0 Å². The molecule has 1 unspecified atom stereocenters. The molecule has 1 aromatic heterocycles. The van der Waals surface area contributed by atoms with E-state index in [9.17, 15) is 14.7 Å². The van der Waals surface area contributed by atoms with E-state index in [1.165, 1.54) is 15.8 Å². The van der Waals surface area contributed by atoms with Crippen LogP contribution in [0.2, 0.25) is 0 Å². The minimum Gasteiger partial charge on any atom is -0.465 e. The summed E-state index contributed by atoms with van der Waals surface area (Å²) in [5.74, 6) is 0. The molecule has 138 valence electrons. The van der Waals surface area contributed by atoms with Crippen LogP contribution in [0.5, 0.6) is 0 Å². The van der Waals surface area contributed by atoms with E-state index in [-0.39, 0.29) is 6.54 Å². The highest BCUT2D eigenvalue weighted by molar-refractivity contribution is 9.10. The fourth-order valence-electron chi connectivity index (χ4n) is 3.02. The molecule has 1 amide bonds. The number of ether oxygens (including phenoxy) is 1. The molecule has 3 rings (SSSR count). The van der Waals surface area contributed by atoms with Crippen molar-refractivity contribution in [3.05, 3.63) is 52.0 Å². The van der Waals surface area contributed by atoms with E-state index in [0.717, 1.165) is 10.0 Å². The van der Waals surface area contributed by atoms with E-state index < -0.39 is 23.8 Å². The first kappa shape index (κ1) is 18.4. The molecule has 7 nitrogen and oxygen atoms in total. The molecule has 1 N–H and O–H groups in total. The topological polar surface area (TPSA) is 84.7 Å². The smallest absolute Gasteiger partial charge is 0.420 e. The molecular weight excluding hydrogens is 402 g/mol. The number of rotatable bonds is 1. The lowest BCUT2D eigenvalue weighted by molar-refractivity contribution is 0.0530. The first-order valence-corrected chi connectivity index (χ1v) is 9.01. The second kappa shape index (κ2) is 6.75. The molecule has 0 bridgehead atoms. The number of amides is 1. The van der Waals surface area contributed by atoms with Crippen molar-refractivity contribution in [2.24, 2.45) is 0 Å². The van der Waals surface area contributed by atoms with Crippen molar-refractivity contribution >= 4 is 28.1 Å². The van der Waals surface area contributed by atoms with Crippen molar-refractivity contribution in [2.45, 2.75) is 38.8 Å². The lowest BCUT2D eigenvalue weighted by atomic mass is 9.96. The van der Waals surface area contributed by atoms with Crippen molar-refractivity contribution in [1.82, 2.24) is 14.5 Å². The van der Waals surface area contributed by atoms with Crippen LogP contribution in [-0.2, 0) is 11.2 Å². The largest absolute Gasteiger partial charge is 0.465 e. The van der Waals surface area contributed by atoms with E-state index in [1.807, 2.05) is 24.3 Å². The highest BCUT2D eigenvalue weighted by Crippen LogP contribution is 2.35. The normalized spacial score (nSPS) is 16.9. The predicted octanol–water partition coefficient (Wildman–Crippen LogP) is 4.05. The lowest BCUT2D eigenvalue weighted by Gasteiger charge is -2.33. The van der Waals surface area contributed by atoms with Gasteiger partial charge in [0.15, 0.2) is 0 Å². The Kier molecular flexibility index (Phi) is 4.79. The van der Waals surface area contributed by atoms with Gasteiger partial charge < -0.3 is 9.84 Å². The highest BCUT2D eigenvalue weighted by atomic mass is 79.9. The third-order valence-corrected chi connectivity index (χ3v) is 4.61. The molecule has 0 saturated carbocycles. The average Bonchev–Trinajstić information content (AvgIpc) is 2.97. The quantitative estimate of drug-likeness (QED) is 0.750. The van der Waals surface area contributed by atoms with Gasteiger partial charge in [-0.3, -0.25) is 4.90 Å². The van der Waals surface area contributed by atoms with Crippen molar-refractivity contribution in [3.8, 4) is 0 Å². The van der Waals surface area contributed by atoms with Gasteiger partial charge >= 0.3 is 12.2 Å². The molecule has 0 radical (unpaired) electrons. The standard InChI is InChI=1S/C18H20BrN3O4/c1-18(2,3)26-17(25)22-10-20-14-13(22)8-9-21(16(23)24)15(14)11-4-6-12(19)7-5-11/h4-7,10,15H,8-9H2,1-3H3,(H,23,24). The Morgan fingerprint density at radius 3 is 2.50 bits per heavy atom. The van der Waals surface area contributed by atoms with Gasteiger partial charge in [0.1, 0.15) is 18.0 Å². The van der Waals surface area contributed by atoms with E-state index in [2.05, 4.69) is 20.9 Å². The number of imidazole rings is 1. The van der Waals surface area contributed by atoms with E-state index in [4.69, 9.17) is 4.74 Å². The second-order valence-corrected chi connectivity index (χ2v) is 8.02. The van der Waals surface area contributed by atoms with Gasteiger partial charge in [0.25, 0.3) is 0 Å². The summed E-state index contributed by atoms with van der Waals surface area (Å²) < 4.78 is 7.71. The first-order valence-electron chi connectivity index (χ1n) is 8.22. The summed E-state index contributed by atoms with van der Waals surface area (Å²) in [7, 11) is 0. The Labute approximate surface area is 159 Å². The predicted molar refractivity (Wildman–Crippen MR) is 98.3 cm³/mol. The Bertz CT molecular complexity index is 839. The number of fused-ring (bicyclic) bond motifs is 1. The van der Waals surface area contributed by atoms with Gasteiger partial charge in [0, 0.05) is 17.4 Å². The van der Waals surface area contributed by atoms with Gasteiger partial charge in [0.05, 0.1) is 11.4 Å². The summed E-state index contributed by atoms with van der Waals surface area (Å²) in [5, 5.41) is 9.61.